The van der Waals surface area contributed by atoms with Crippen LogP contribution in [-0.4, -0.2) is 40.7 Å². The fourth-order valence-corrected chi connectivity index (χ4v) is 3.15. The number of hydrogen-bond donors (Lipinski definition) is 3. The molecular weight excluding hydrogens is 402 g/mol. The molecule has 2 heterocycles. The van der Waals surface area contributed by atoms with Gasteiger partial charge in [-0.15, -0.1) is 0 Å². The van der Waals surface area contributed by atoms with Crippen LogP contribution < -0.4 is 20.5 Å². The van der Waals surface area contributed by atoms with Gasteiger partial charge in [0.25, 0.3) is 5.91 Å². The van der Waals surface area contributed by atoms with Gasteiger partial charge < -0.3 is 30.0 Å². The van der Waals surface area contributed by atoms with Crippen LogP contribution in [0.2, 0.25) is 0 Å². The lowest BCUT2D eigenvalue weighted by Crippen LogP contribution is -2.46. The number of nitrogens with zero attached hydrogens (tertiary/aromatic N) is 1. The van der Waals surface area contributed by atoms with E-state index in [4.69, 9.17) is 19.6 Å². The summed E-state index contributed by atoms with van der Waals surface area (Å²) < 4.78 is 17.4. The molecule has 31 heavy (non-hydrogen) atoms. The molecule has 1 saturated carbocycles. The number of aliphatic hydroxyl groups is 1. The number of ether oxygens (including phenoxy) is 2. The Morgan fingerprint density at radius 3 is 2.87 bits per heavy atom. The van der Waals surface area contributed by atoms with Crippen molar-refractivity contribution >= 4 is 22.8 Å². The highest BCUT2D eigenvalue weighted by atomic mass is 16.5. The SMILES string of the molecule is Cc1oc2ccc(OCc3cccnc3OC3CC3)cc2c1C(=O)NC(CO)C(N)=O. The van der Waals surface area contributed by atoms with E-state index in [-0.39, 0.29) is 18.3 Å². The summed E-state index contributed by atoms with van der Waals surface area (Å²) in [5, 5.41) is 12.2. The Labute approximate surface area is 178 Å². The van der Waals surface area contributed by atoms with E-state index in [1.54, 1.807) is 31.3 Å². The third-order valence-corrected chi connectivity index (χ3v) is 4.94. The summed E-state index contributed by atoms with van der Waals surface area (Å²) in [6, 6.07) is 7.66. The number of hydrogen-bond acceptors (Lipinski definition) is 7. The molecule has 1 aromatic carbocycles. The molecule has 4 N–H and O–H groups in total. The zero-order valence-corrected chi connectivity index (χ0v) is 17.0. The molecule has 0 radical (unpaired) electrons. The van der Waals surface area contributed by atoms with Gasteiger partial charge in [-0.2, -0.15) is 0 Å². The van der Waals surface area contributed by atoms with Gasteiger partial charge in [0.15, 0.2) is 0 Å². The van der Waals surface area contributed by atoms with Gasteiger partial charge in [0.1, 0.15) is 35.8 Å². The lowest BCUT2D eigenvalue weighted by molar-refractivity contribution is -0.120. The maximum Gasteiger partial charge on any atom is 0.256 e. The predicted octanol–water partition coefficient (Wildman–Crippen LogP) is 1.83. The second-order valence-electron chi connectivity index (χ2n) is 7.38. The number of rotatable bonds is 9. The first-order valence-electron chi connectivity index (χ1n) is 9.93. The number of aryl methyl sites for hydroxylation is 1. The van der Waals surface area contributed by atoms with Gasteiger partial charge >= 0.3 is 0 Å². The first-order chi connectivity index (χ1) is 15.0. The molecular formula is C22H23N3O6. The van der Waals surface area contributed by atoms with Crippen molar-refractivity contribution in [2.24, 2.45) is 5.73 Å². The fourth-order valence-electron chi connectivity index (χ4n) is 3.15. The number of carbonyl (C=O) groups is 2. The Bertz CT molecular complexity index is 1120. The van der Waals surface area contributed by atoms with Crippen molar-refractivity contribution in [2.75, 3.05) is 6.61 Å². The Hall–Kier alpha value is -3.59. The molecule has 9 nitrogen and oxygen atoms in total. The van der Waals surface area contributed by atoms with Crippen LogP contribution in [0.15, 0.2) is 40.9 Å². The molecule has 162 valence electrons. The van der Waals surface area contributed by atoms with Gasteiger partial charge in [-0.3, -0.25) is 9.59 Å². The maximum absolute atomic E-state index is 12.7. The van der Waals surface area contributed by atoms with Crippen LogP contribution in [0.1, 0.15) is 34.5 Å². The van der Waals surface area contributed by atoms with Crippen molar-refractivity contribution < 1.29 is 28.6 Å². The number of amides is 2. The van der Waals surface area contributed by atoms with E-state index in [0.717, 1.165) is 18.4 Å². The standard InChI is InChI=1S/C22H23N3O6/c1-12-19(21(28)25-17(10-26)20(23)27)16-9-15(6-7-18(16)30-12)29-11-13-3-2-8-24-22(13)31-14-4-5-14/h2-3,6-9,14,17,26H,4-5,10-11H2,1H3,(H2,23,27)(H,25,28). The van der Waals surface area contributed by atoms with E-state index in [0.29, 0.717) is 28.4 Å². The summed E-state index contributed by atoms with van der Waals surface area (Å²) >= 11 is 0. The van der Waals surface area contributed by atoms with E-state index in [1.807, 2.05) is 12.1 Å². The van der Waals surface area contributed by atoms with Crippen LogP contribution in [0.3, 0.4) is 0 Å². The Morgan fingerprint density at radius 1 is 1.35 bits per heavy atom. The summed E-state index contributed by atoms with van der Waals surface area (Å²) in [5.74, 6) is 0.0619. The molecule has 1 aliphatic rings. The van der Waals surface area contributed by atoms with Crippen molar-refractivity contribution in [1.29, 1.82) is 0 Å². The number of carbonyl (C=O) groups excluding carboxylic acids is 2. The van der Waals surface area contributed by atoms with E-state index in [1.165, 1.54) is 0 Å². The number of nitrogens with one attached hydrogen (secondary N) is 1. The largest absolute Gasteiger partial charge is 0.489 e. The minimum Gasteiger partial charge on any atom is -0.489 e. The molecule has 0 spiro atoms. The van der Waals surface area contributed by atoms with Gasteiger partial charge in [0.05, 0.1) is 17.7 Å². The fraction of sp³-hybridized carbons (Fsp3) is 0.318. The van der Waals surface area contributed by atoms with Crippen LogP contribution >= 0.6 is 0 Å². The summed E-state index contributed by atoms with van der Waals surface area (Å²) in [7, 11) is 0. The van der Waals surface area contributed by atoms with Crippen LogP contribution in [-0.2, 0) is 11.4 Å². The minimum absolute atomic E-state index is 0.225. The number of aromatic nitrogens is 1. The number of furan rings is 1. The van der Waals surface area contributed by atoms with Crippen LogP contribution in [0.5, 0.6) is 11.6 Å². The zero-order valence-electron chi connectivity index (χ0n) is 17.0. The normalized spacial score (nSPS) is 14.3. The number of aliphatic hydroxyl groups excluding tert-OH is 1. The molecule has 9 heteroatoms. The highest BCUT2D eigenvalue weighted by Gasteiger charge is 2.26. The number of nitrogens with two attached hydrogens (primary N) is 1. The molecule has 2 amide bonds. The lowest BCUT2D eigenvalue weighted by atomic mass is 10.1. The molecule has 0 saturated heterocycles. The summed E-state index contributed by atoms with van der Waals surface area (Å²) in [5.41, 5.74) is 6.76. The van der Waals surface area contributed by atoms with Crippen molar-refractivity contribution in [2.45, 2.75) is 38.5 Å². The molecule has 4 rings (SSSR count). The minimum atomic E-state index is -1.19. The van der Waals surface area contributed by atoms with Crippen LogP contribution in [0, 0.1) is 6.92 Å². The highest BCUT2D eigenvalue weighted by Crippen LogP contribution is 2.31. The smallest absolute Gasteiger partial charge is 0.256 e. The average Bonchev–Trinajstić information content (AvgIpc) is 3.50. The molecule has 3 aromatic rings. The van der Waals surface area contributed by atoms with Gasteiger partial charge in [-0.1, -0.05) is 0 Å². The van der Waals surface area contributed by atoms with Gasteiger partial charge in [-0.25, -0.2) is 4.98 Å². The van der Waals surface area contributed by atoms with Gasteiger partial charge in [0, 0.05) is 11.6 Å². The third-order valence-electron chi connectivity index (χ3n) is 4.94. The third kappa shape index (κ3) is 4.61. The Kier molecular flexibility index (Phi) is 5.77. The maximum atomic E-state index is 12.7. The molecule has 2 aromatic heterocycles. The highest BCUT2D eigenvalue weighted by molar-refractivity contribution is 6.08. The van der Waals surface area contributed by atoms with Crippen LogP contribution in [0.25, 0.3) is 11.0 Å². The average molecular weight is 425 g/mol. The number of primary amides is 1. The second kappa shape index (κ2) is 8.65. The monoisotopic (exact) mass is 425 g/mol. The van der Waals surface area contributed by atoms with Crippen molar-refractivity contribution in [3.05, 3.63) is 53.4 Å². The summed E-state index contributed by atoms with van der Waals surface area (Å²) in [4.78, 5) is 28.3. The Morgan fingerprint density at radius 2 is 2.16 bits per heavy atom. The zero-order chi connectivity index (χ0) is 22.0. The number of benzene rings is 1. The van der Waals surface area contributed by atoms with Crippen LogP contribution in [0.4, 0.5) is 0 Å². The first kappa shape index (κ1) is 20.7. The lowest BCUT2D eigenvalue weighted by Gasteiger charge is -2.12. The molecule has 1 unspecified atom stereocenters. The summed E-state index contributed by atoms with van der Waals surface area (Å²) in [6.45, 7) is 1.29. The van der Waals surface area contributed by atoms with Crippen molar-refractivity contribution in [3.63, 3.8) is 0 Å². The van der Waals surface area contributed by atoms with Crippen molar-refractivity contribution in [3.8, 4) is 11.6 Å². The Balaban J connectivity index is 1.55. The van der Waals surface area contributed by atoms with E-state index < -0.39 is 24.5 Å². The quantitative estimate of drug-likeness (QED) is 0.476. The van der Waals surface area contributed by atoms with Gasteiger partial charge in [0.2, 0.25) is 11.8 Å². The van der Waals surface area contributed by atoms with E-state index >= 15 is 0 Å². The number of fused-ring (bicyclic) bond motifs is 1. The molecule has 0 bridgehead atoms. The molecule has 0 aliphatic heterocycles. The summed E-state index contributed by atoms with van der Waals surface area (Å²) in [6.07, 6.45) is 3.97. The molecule has 1 atom stereocenters. The van der Waals surface area contributed by atoms with E-state index in [9.17, 15) is 14.7 Å². The second-order valence-corrected chi connectivity index (χ2v) is 7.38. The first-order valence-corrected chi connectivity index (χ1v) is 9.93. The predicted molar refractivity (Wildman–Crippen MR) is 111 cm³/mol. The molecule has 1 fully saturated rings. The topological polar surface area (TPSA) is 137 Å². The molecule has 1 aliphatic carbocycles. The van der Waals surface area contributed by atoms with Crippen molar-refractivity contribution in [1.82, 2.24) is 10.3 Å². The number of pyridine rings is 1. The van der Waals surface area contributed by atoms with Gasteiger partial charge in [-0.05, 0) is 50.1 Å². The van der Waals surface area contributed by atoms with E-state index in [2.05, 4.69) is 10.3 Å².